The van der Waals surface area contributed by atoms with Crippen LogP contribution in [0.4, 0.5) is 0 Å². The molecule has 0 aliphatic carbocycles. The highest BCUT2D eigenvalue weighted by Gasteiger charge is 2.28. The monoisotopic (exact) mass is 186 g/mol. The summed E-state index contributed by atoms with van der Waals surface area (Å²) >= 11 is 0. The Hall–Kier alpha value is -0.610. The Kier molecular flexibility index (Phi) is 4.18. The van der Waals surface area contributed by atoms with Gasteiger partial charge in [-0.3, -0.25) is 4.79 Å². The molecule has 1 aliphatic heterocycles. The first-order valence-electron chi connectivity index (χ1n) is 4.90. The summed E-state index contributed by atoms with van der Waals surface area (Å²) < 4.78 is 0. The summed E-state index contributed by atoms with van der Waals surface area (Å²) in [5, 5.41) is 11.8. The van der Waals surface area contributed by atoms with Crippen molar-refractivity contribution >= 4 is 5.91 Å². The number of carbonyl (C=O) groups excluding carboxylic acids is 1. The van der Waals surface area contributed by atoms with Crippen LogP contribution in [0.1, 0.15) is 13.3 Å². The van der Waals surface area contributed by atoms with Gasteiger partial charge >= 0.3 is 0 Å². The second-order valence-corrected chi connectivity index (χ2v) is 3.40. The Bertz CT molecular complexity index is 163. The SMILES string of the molecule is CCCN(CCO)C(=O)C1CNC1. The topological polar surface area (TPSA) is 52.6 Å². The summed E-state index contributed by atoms with van der Waals surface area (Å²) in [4.78, 5) is 13.4. The number of nitrogens with zero attached hydrogens (tertiary/aromatic N) is 1. The number of rotatable bonds is 5. The minimum Gasteiger partial charge on any atom is -0.395 e. The Labute approximate surface area is 78.9 Å². The second kappa shape index (κ2) is 5.19. The van der Waals surface area contributed by atoms with Crippen molar-refractivity contribution in [3.8, 4) is 0 Å². The summed E-state index contributed by atoms with van der Waals surface area (Å²) in [7, 11) is 0. The number of nitrogens with one attached hydrogen (secondary N) is 1. The average molecular weight is 186 g/mol. The molecule has 1 aliphatic rings. The number of aliphatic hydroxyl groups is 1. The van der Waals surface area contributed by atoms with Crippen LogP contribution in [-0.4, -0.2) is 48.7 Å². The van der Waals surface area contributed by atoms with Gasteiger partial charge in [-0.25, -0.2) is 0 Å². The third-order valence-electron chi connectivity index (χ3n) is 2.31. The van der Waals surface area contributed by atoms with Crippen molar-refractivity contribution in [1.82, 2.24) is 10.2 Å². The van der Waals surface area contributed by atoms with Gasteiger partial charge in [0.15, 0.2) is 0 Å². The maximum atomic E-state index is 11.7. The van der Waals surface area contributed by atoms with E-state index in [0.717, 1.165) is 26.1 Å². The molecule has 1 rings (SSSR count). The normalized spacial score (nSPS) is 16.8. The third-order valence-corrected chi connectivity index (χ3v) is 2.31. The molecule has 0 saturated carbocycles. The fraction of sp³-hybridized carbons (Fsp3) is 0.889. The largest absolute Gasteiger partial charge is 0.395 e. The number of hydrogen-bond acceptors (Lipinski definition) is 3. The molecule has 1 heterocycles. The van der Waals surface area contributed by atoms with Gasteiger partial charge in [0.1, 0.15) is 0 Å². The van der Waals surface area contributed by atoms with Gasteiger partial charge in [-0.05, 0) is 6.42 Å². The van der Waals surface area contributed by atoms with E-state index in [4.69, 9.17) is 5.11 Å². The number of hydrogen-bond donors (Lipinski definition) is 2. The Morgan fingerprint density at radius 1 is 1.54 bits per heavy atom. The molecule has 1 amide bonds. The van der Waals surface area contributed by atoms with Crippen LogP contribution in [-0.2, 0) is 4.79 Å². The van der Waals surface area contributed by atoms with Gasteiger partial charge in [0.25, 0.3) is 0 Å². The summed E-state index contributed by atoms with van der Waals surface area (Å²) in [6.45, 7) is 4.93. The Balaban J connectivity index is 2.37. The van der Waals surface area contributed by atoms with Crippen LogP contribution in [0.25, 0.3) is 0 Å². The molecule has 0 radical (unpaired) electrons. The standard InChI is InChI=1S/C9H18N2O2/c1-2-3-11(4-5-12)9(13)8-6-10-7-8/h8,10,12H,2-7H2,1H3. The number of aliphatic hydroxyl groups excluding tert-OH is 1. The first kappa shape index (κ1) is 10.5. The predicted molar refractivity (Wildman–Crippen MR) is 50.3 cm³/mol. The molecule has 0 atom stereocenters. The van der Waals surface area contributed by atoms with Crippen molar-refractivity contribution in [2.75, 3.05) is 32.8 Å². The molecule has 0 aromatic rings. The van der Waals surface area contributed by atoms with E-state index in [9.17, 15) is 4.79 Å². The second-order valence-electron chi connectivity index (χ2n) is 3.40. The van der Waals surface area contributed by atoms with E-state index in [2.05, 4.69) is 5.32 Å². The number of carbonyl (C=O) groups is 1. The molecular weight excluding hydrogens is 168 g/mol. The Morgan fingerprint density at radius 3 is 2.62 bits per heavy atom. The Morgan fingerprint density at radius 2 is 2.23 bits per heavy atom. The van der Waals surface area contributed by atoms with Gasteiger partial charge in [-0.15, -0.1) is 0 Å². The molecule has 0 aromatic carbocycles. The van der Waals surface area contributed by atoms with Gasteiger partial charge in [-0.2, -0.15) is 0 Å². The van der Waals surface area contributed by atoms with E-state index >= 15 is 0 Å². The molecule has 2 N–H and O–H groups in total. The first-order chi connectivity index (χ1) is 6.29. The van der Waals surface area contributed by atoms with E-state index in [1.54, 1.807) is 4.90 Å². The van der Waals surface area contributed by atoms with E-state index in [-0.39, 0.29) is 18.4 Å². The lowest BCUT2D eigenvalue weighted by Gasteiger charge is -2.32. The van der Waals surface area contributed by atoms with Gasteiger partial charge in [0.05, 0.1) is 12.5 Å². The van der Waals surface area contributed by atoms with Crippen LogP contribution in [0.3, 0.4) is 0 Å². The lowest BCUT2D eigenvalue weighted by Crippen LogP contribution is -2.52. The fourth-order valence-electron chi connectivity index (χ4n) is 1.44. The van der Waals surface area contributed by atoms with Crippen molar-refractivity contribution < 1.29 is 9.90 Å². The zero-order valence-corrected chi connectivity index (χ0v) is 8.12. The van der Waals surface area contributed by atoms with Crippen molar-refractivity contribution in [3.05, 3.63) is 0 Å². The highest BCUT2D eigenvalue weighted by Crippen LogP contribution is 2.08. The first-order valence-corrected chi connectivity index (χ1v) is 4.90. The average Bonchev–Trinajstić information content (AvgIpc) is 2.01. The van der Waals surface area contributed by atoms with Gasteiger partial charge in [-0.1, -0.05) is 6.92 Å². The maximum Gasteiger partial charge on any atom is 0.228 e. The van der Waals surface area contributed by atoms with Crippen LogP contribution < -0.4 is 5.32 Å². The van der Waals surface area contributed by atoms with E-state index < -0.39 is 0 Å². The van der Waals surface area contributed by atoms with Gasteiger partial charge in [0, 0.05) is 26.2 Å². The van der Waals surface area contributed by atoms with Crippen LogP contribution in [0, 0.1) is 5.92 Å². The summed E-state index contributed by atoms with van der Waals surface area (Å²) in [5.41, 5.74) is 0. The molecule has 0 aromatic heterocycles. The molecule has 4 heteroatoms. The minimum atomic E-state index is 0.0614. The zero-order chi connectivity index (χ0) is 9.68. The van der Waals surface area contributed by atoms with Gasteiger partial charge < -0.3 is 15.3 Å². The third kappa shape index (κ3) is 2.67. The van der Waals surface area contributed by atoms with Gasteiger partial charge in [0.2, 0.25) is 5.91 Å². The fourth-order valence-corrected chi connectivity index (χ4v) is 1.44. The molecule has 0 unspecified atom stereocenters. The lowest BCUT2D eigenvalue weighted by atomic mass is 10.0. The summed E-state index contributed by atoms with van der Waals surface area (Å²) in [6, 6.07) is 0. The zero-order valence-electron chi connectivity index (χ0n) is 8.12. The maximum absolute atomic E-state index is 11.7. The molecule has 0 spiro atoms. The highest BCUT2D eigenvalue weighted by atomic mass is 16.3. The van der Waals surface area contributed by atoms with Crippen molar-refractivity contribution in [3.63, 3.8) is 0 Å². The smallest absolute Gasteiger partial charge is 0.228 e. The minimum absolute atomic E-state index is 0.0614. The number of amides is 1. The molecule has 4 nitrogen and oxygen atoms in total. The quantitative estimate of drug-likeness (QED) is 0.605. The lowest BCUT2D eigenvalue weighted by molar-refractivity contribution is -0.137. The van der Waals surface area contributed by atoms with Crippen LogP contribution >= 0.6 is 0 Å². The van der Waals surface area contributed by atoms with E-state index in [0.29, 0.717) is 6.54 Å². The van der Waals surface area contributed by atoms with Crippen molar-refractivity contribution in [2.24, 2.45) is 5.92 Å². The van der Waals surface area contributed by atoms with Crippen LogP contribution in [0.2, 0.25) is 0 Å². The molecule has 1 saturated heterocycles. The molecule has 0 bridgehead atoms. The summed E-state index contributed by atoms with van der Waals surface area (Å²) in [5.74, 6) is 0.341. The van der Waals surface area contributed by atoms with Crippen LogP contribution in [0.15, 0.2) is 0 Å². The molecule has 13 heavy (non-hydrogen) atoms. The summed E-state index contributed by atoms with van der Waals surface area (Å²) in [6.07, 6.45) is 0.950. The van der Waals surface area contributed by atoms with Crippen molar-refractivity contribution in [1.29, 1.82) is 0 Å². The van der Waals surface area contributed by atoms with E-state index in [1.807, 2.05) is 6.92 Å². The molecule has 76 valence electrons. The van der Waals surface area contributed by atoms with Crippen LogP contribution in [0.5, 0.6) is 0 Å². The predicted octanol–water partition coefficient (Wildman–Crippen LogP) is -0.563. The highest BCUT2D eigenvalue weighted by molar-refractivity contribution is 5.80. The van der Waals surface area contributed by atoms with E-state index in [1.165, 1.54) is 0 Å². The van der Waals surface area contributed by atoms with Crippen molar-refractivity contribution in [2.45, 2.75) is 13.3 Å². The molecular formula is C9H18N2O2. The molecule has 1 fully saturated rings.